The van der Waals surface area contributed by atoms with E-state index in [4.69, 9.17) is 14.2 Å². The molecule has 1 aliphatic rings. The molecule has 1 aliphatic heterocycles. The highest BCUT2D eigenvalue weighted by atomic mass is 19.4. The van der Waals surface area contributed by atoms with E-state index in [9.17, 15) is 18.0 Å². The number of anilines is 2. The number of aromatic nitrogens is 1. The minimum atomic E-state index is -4.63. The average Bonchev–Trinajstić information content (AvgIpc) is 3.06. The smallest absolute Gasteiger partial charge is 0.416 e. The number of halogens is 3. The number of benzene rings is 4. The summed E-state index contributed by atoms with van der Waals surface area (Å²) in [6, 6.07) is 24.1. The lowest BCUT2D eigenvalue weighted by Gasteiger charge is -2.26. The maximum Gasteiger partial charge on any atom is 0.416 e. The number of hydrogen-bond acceptors (Lipinski definition) is 6. The van der Waals surface area contributed by atoms with Gasteiger partial charge in [0.25, 0.3) is 0 Å². The molecule has 0 radical (unpaired) electrons. The lowest BCUT2D eigenvalue weighted by Crippen LogP contribution is -2.35. The van der Waals surface area contributed by atoms with Crippen molar-refractivity contribution in [3.63, 3.8) is 0 Å². The average molecular weight is 629 g/mol. The van der Waals surface area contributed by atoms with Crippen molar-refractivity contribution in [1.29, 1.82) is 0 Å². The molecule has 4 aromatic carbocycles. The molecule has 5 aromatic rings. The second kappa shape index (κ2) is 13.5. The number of carbonyl (C=O) groups is 1. The minimum absolute atomic E-state index is 0.0115. The van der Waals surface area contributed by atoms with Gasteiger partial charge in [-0.1, -0.05) is 48.5 Å². The first kappa shape index (κ1) is 30.9. The van der Waals surface area contributed by atoms with E-state index >= 15 is 0 Å². The molecule has 8 nitrogen and oxygen atoms in total. The molecule has 0 atom stereocenters. The number of morpholine rings is 1. The number of methoxy groups -OCH3 is 1. The third kappa shape index (κ3) is 7.06. The minimum Gasteiger partial charge on any atom is -0.493 e. The van der Waals surface area contributed by atoms with Crippen molar-refractivity contribution >= 4 is 28.2 Å². The number of carbonyl (C=O) groups excluding carboxylic acids is 1. The molecule has 236 valence electrons. The van der Waals surface area contributed by atoms with Gasteiger partial charge in [-0.3, -0.25) is 9.88 Å². The molecule has 0 unspecified atom stereocenters. The summed E-state index contributed by atoms with van der Waals surface area (Å²) in [6.45, 7) is 3.94. The number of nitrogens with one attached hydrogen (secondary N) is 2. The zero-order chi connectivity index (χ0) is 32.1. The third-order valence-electron chi connectivity index (χ3n) is 7.64. The number of urea groups is 1. The Hall–Kier alpha value is -5.13. The van der Waals surface area contributed by atoms with Gasteiger partial charge in [-0.25, -0.2) is 4.79 Å². The molecule has 0 aliphatic carbocycles. The summed E-state index contributed by atoms with van der Waals surface area (Å²) in [7, 11) is 1.45. The van der Waals surface area contributed by atoms with E-state index in [2.05, 4.69) is 20.5 Å². The van der Waals surface area contributed by atoms with E-state index in [0.717, 1.165) is 78.6 Å². The van der Waals surface area contributed by atoms with Gasteiger partial charge in [0.1, 0.15) is 0 Å². The van der Waals surface area contributed by atoms with Crippen LogP contribution in [0, 0.1) is 0 Å². The summed E-state index contributed by atoms with van der Waals surface area (Å²) in [6.07, 6.45) is -2.79. The molecule has 1 aromatic heterocycles. The number of pyridine rings is 1. The number of fused-ring (bicyclic) bond motifs is 1. The highest BCUT2D eigenvalue weighted by Gasteiger charge is 2.31. The molecule has 2 heterocycles. The first-order valence-electron chi connectivity index (χ1n) is 14.7. The van der Waals surface area contributed by atoms with Crippen molar-refractivity contribution in [1.82, 2.24) is 9.88 Å². The van der Waals surface area contributed by atoms with E-state index in [0.29, 0.717) is 11.4 Å². The fourth-order valence-corrected chi connectivity index (χ4v) is 5.32. The Kier molecular flexibility index (Phi) is 9.04. The highest BCUT2D eigenvalue weighted by molar-refractivity contribution is 6.10. The third-order valence-corrected chi connectivity index (χ3v) is 7.64. The van der Waals surface area contributed by atoms with Crippen molar-refractivity contribution < 1.29 is 32.2 Å². The summed E-state index contributed by atoms with van der Waals surface area (Å²) in [5.41, 5.74) is 2.19. The summed E-state index contributed by atoms with van der Waals surface area (Å²) in [4.78, 5) is 20.3. The van der Waals surface area contributed by atoms with Crippen LogP contribution in [0.2, 0.25) is 0 Å². The second-order valence-electron chi connectivity index (χ2n) is 10.7. The van der Waals surface area contributed by atoms with E-state index in [1.807, 2.05) is 48.7 Å². The van der Waals surface area contributed by atoms with Crippen LogP contribution >= 0.6 is 0 Å². The summed E-state index contributed by atoms with van der Waals surface area (Å²) in [5, 5.41) is 6.97. The van der Waals surface area contributed by atoms with E-state index < -0.39 is 17.8 Å². The standard InChI is InChI=1S/C35H31F3N4O4/c1-44-32-8-4-5-9-33(32)46-31-15-11-24(35(36,37)38)20-30(31)41-34(43)40-29-14-13-26(27-6-2-3-7-28(27)29)23-10-12-25(39-21-23)22-42-16-18-45-19-17-42/h2-15,20-21H,16-19,22H2,1H3,(H2,40,41,43). The largest absolute Gasteiger partial charge is 0.493 e. The van der Waals surface area contributed by atoms with Crippen LogP contribution in [0.1, 0.15) is 11.3 Å². The Balaban J connectivity index is 1.24. The van der Waals surface area contributed by atoms with Crippen LogP contribution in [0.15, 0.2) is 97.2 Å². The monoisotopic (exact) mass is 628 g/mol. The zero-order valence-corrected chi connectivity index (χ0v) is 24.9. The van der Waals surface area contributed by atoms with Crippen molar-refractivity contribution in [3.8, 4) is 28.4 Å². The quantitative estimate of drug-likeness (QED) is 0.180. The van der Waals surface area contributed by atoms with Crippen molar-refractivity contribution in [3.05, 3.63) is 108 Å². The number of nitrogens with zero attached hydrogens (tertiary/aromatic N) is 2. The molecule has 0 saturated carbocycles. The Morgan fingerprint density at radius 1 is 0.848 bits per heavy atom. The maximum atomic E-state index is 13.6. The van der Waals surface area contributed by atoms with Gasteiger partial charge in [0.05, 0.1) is 43.0 Å². The van der Waals surface area contributed by atoms with Gasteiger partial charge >= 0.3 is 12.2 Å². The van der Waals surface area contributed by atoms with E-state index in [-0.39, 0.29) is 17.2 Å². The van der Waals surface area contributed by atoms with E-state index in [1.165, 1.54) is 7.11 Å². The molecule has 0 bridgehead atoms. The first-order chi connectivity index (χ1) is 22.3. The van der Waals surface area contributed by atoms with Crippen molar-refractivity contribution in [2.75, 3.05) is 44.0 Å². The van der Waals surface area contributed by atoms with Gasteiger partial charge < -0.3 is 24.8 Å². The Morgan fingerprint density at radius 2 is 1.57 bits per heavy atom. The topological polar surface area (TPSA) is 85.0 Å². The van der Waals surface area contributed by atoms with Crippen LogP contribution in [-0.2, 0) is 17.5 Å². The van der Waals surface area contributed by atoms with Crippen LogP contribution in [0.25, 0.3) is 21.9 Å². The lowest BCUT2D eigenvalue weighted by molar-refractivity contribution is -0.137. The van der Waals surface area contributed by atoms with Gasteiger partial charge in [-0.05, 0) is 53.4 Å². The molecule has 46 heavy (non-hydrogen) atoms. The number of hydrogen-bond donors (Lipinski definition) is 2. The number of alkyl halides is 3. The zero-order valence-electron chi connectivity index (χ0n) is 24.9. The maximum absolute atomic E-state index is 13.6. The molecule has 1 saturated heterocycles. The normalized spacial score (nSPS) is 13.7. The van der Waals surface area contributed by atoms with Gasteiger partial charge in [-0.15, -0.1) is 0 Å². The molecule has 0 spiro atoms. The summed E-state index contributed by atoms with van der Waals surface area (Å²) in [5.74, 6) is 0.669. The van der Waals surface area contributed by atoms with Crippen molar-refractivity contribution in [2.45, 2.75) is 12.7 Å². The number of ether oxygens (including phenoxy) is 3. The van der Waals surface area contributed by atoms with Gasteiger partial charge in [0, 0.05) is 36.8 Å². The molecule has 2 N–H and O–H groups in total. The van der Waals surface area contributed by atoms with Crippen LogP contribution in [0.5, 0.6) is 17.2 Å². The predicted octanol–water partition coefficient (Wildman–Crippen LogP) is 8.20. The summed E-state index contributed by atoms with van der Waals surface area (Å²) >= 11 is 0. The van der Waals surface area contributed by atoms with Crippen LogP contribution in [0.3, 0.4) is 0 Å². The molecule has 11 heteroatoms. The number of amides is 2. The predicted molar refractivity (Wildman–Crippen MR) is 170 cm³/mol. The van der Waals surface area contributed by atoms with Crippen LogP contribution < -0.4 is 20.1 Å². The van der Waals surface area contributed by atoms with Gasteiger partial charge in [-0.2, -0.15) is 13.2 Å². The van der Waals surface area contributed by atoms with Gasteiger partial charge in [0.2, 0.25) is 0 Å². The number of para-hydroxylation sites is 2. The molecular formula is C35H31F3N4O4. The lowest BCUT2D eigenvalue weighted by atomic mass is 9.98. The SMILES string of the molecule is COc1ccccc1Oc1ccc(C(F)(F)F)cc1NC(=O)Nc1ccc(-c2ccc(CN3CCOCC3)nc2)c2ccccc12. The number of rotatable bonds is 8. The highest BCUT2D eigenvalue weighted by Crippen LogP contribution is 2.39. The fraction of sp³-hybridized carbons (Fsp3) is 0.200. The Labute approximate surface area is 263 Å². The van der Waals surface area contributed by atoms with Crippen LogP contribution in [0.4, 0.5) is 29.3 Å². The van der Waals surface area contributed by atoms with Crippen LogP contribution in [-0.4, -0.2) is 49.3 Å². The van der Waals surface area contributed by atoms with Crippen molar-refractivity contribution in [2.24, 2.45) is 0 Å². The van der Waals surface area contributed by atoms with E-state index in [1.54, 1.807) is 30.3 Å². The molecule has 2 amide bonds. The first-order valence-corrected chi connectivity index (χ1v) is 14.7. The van der Waals surface area contributed by atoms with Gasteiger partial charge in [0.15, 0.2) is 17.2 Å². The molecule has 6 rings (SSSR count). The second-order valence-corrected chi connectivity index (χ2v) is 10.7. The summed E-state index contributed by atoms with van der Waals surface area (Å²) < 4.78 is 57.4. The Bertz CT molecular complexity index is 1840. The fourth-order valence-electron chi connectivity index (χ4n) is 5.32. The molecule has 1 fully saturated rings. The Morgan fingerprint density at radius 3 is 2.28 bits per heavy atom. The molecular weight excluding hydrogens is 597 g/mol.